The zero-order valence-electron chi connectivity index (χ0n) is 18.1. The van der Waals surface area contributed by atoms with E-state index in [9.17, 15) is 13.2 Å². The zero-order chi connectivity index (χ0) is 22.2. The van der Waals surface area contributed by atoms with Crippen molar-refractivity contribution in [2.24, 2.45) is 0 Å². The molecule has 2 aromatic carbocycles. The smallest absolute Gasteiger partial charge is 0.253 e. The van der Waals surface area contributed by atoms with E-state index < -0.39 is 10.0 Å². The summed E-state index contributed by atoms with van der Waals surface area (Å²) >= 11 is 0. The molecule has 1 aliphatic heterocycles. The molecule has 6 nitrogen and oxygen atoms in total. The lowest BCUT2D eigenvalue weighted by atomic mass is 10.1. The van der Waals surface area contributed by atoms with Gasteiger partial charge >= 0.3 is 0 Å². The molecule has 0 aliphatic carbocycles. The van der Waals surface area contributed by atoms with E-state index in [0.29, 0.717) is 36.6 Å². The molecule has 0 radical (unpaired) electrons. The Morgan fingerprint density at radius 2 is 1.42 bits per heavy atom. The van der Waals surface area contributed by atoms with E-state index in [4.69, 9.17) is 0 Å². The van der Waals surface area contributed by atoms with Crippen LogP contribution in [0.3, 0.4) is 0 Å². The molecule has 0 bridgehead atoms. The molecule has 2 heterocycles. The number of hydrogen-bond acceptors (Lipinski definition) is 3. The molecule has 0 atom stereocenters. The molecule has 1 fully saturated rings. The number of piperazine rings is 1. The van der Waals surface area contributed by atoms with Crippen LogP contribution in [0.4, 0.5) is 0 Å². The number of carbonyl (C=O) groups excluding carboxylic acids is 1. The van der Waals surface area contributed by atoms with Crippen LogP contribution in [-0.4, -0.2) is 54.3 Å². The van der Waals surface area contributed by atoms with Crippen molar-refractivity contribution in [3.8, 4) is 5.69 Å². The van der Waals surface area contributed by atoms with Gasteiger partial charge < -0.3 is 9.47 Å². The summed E-state index contributed by atoms with van der Waals surface area (Å²) in [6.45, 7) is 7.32. The topological polar surface area (TPSA) is 62.6 Å². The van der Waals surface area contributed by atoms with E-state index in [-0.39, 0.29) is 5.91 Å². The number of carbonyl (C=O) groups is 1. The van der Waals surface area contributed by atoms with Crippen LogP contribution in [0.1, 0.15) is 27.3 Å². The highest BCUT2D eigenvalue weighted by molar-refractivity contribution is 7.89. The summed E-state index contributed by atoms with van der Waals surface area (Å²) in [6, 6.07) is 18.6. The molecule has 0 saturated carbocycles. The Labute approximate surface area is 183 Å². The molecule has 0 spiro atoms. The minimum absolute atomic E-state index is 0.0693. The molecule has 1 aromatic heterocycles. The third-order valence-electron chi connectivity index (χ3n) is 5.80. The Balaban J connectivity index is 1.44. The Kier molecular flexibility index (Phi) is 5.73. The van der Waals surface area contributed by atoms with E-state index in [1.54, 1.807) is 23.1 Å². The number of sulfonamides is 1. The van der Waals surface area contributed by atoms with E-state index in [2.05, 4.69) is 30.5 Å². The molecule has 31 heavy (non-hydrogen) atoms. The third kappa shape index (κ3) is 4.16. The maximum absolute atomic E-state index is 13.0. The van der Waals surface area contributed by atoms with E-state index in [1.807, 2.05) is 37.3 Å². The quantitative estimate of drug-likeness (QED) is 0.627. The Hall–Kier alpha value is -2.90. The summed E-state index contributed by atoms with van der Waals surface area (Å²) in [6.07, 6.45) is 0. The second-order valence-electron chi connectivity index (χ2n) is 8.01. The first-order chi connectivity index (χ1) is 14.8. The van der Waals surface area contributed by atoms with Gasteiger partial charge in [-0.1, -0.05) is 12.1 Å². The van der Waals surface area contributed by atoms with Gasteiger partial charge in [-0.05, 0) is 74.9 Å². The van der Waals surface area contributed by atoms with Gasteiger partial charge in [-0.15, -0.1) is 0 Å². The fourth-order valence-electron chi connectivity index (χ4n) is 4.07. The number of aryl methyl sites for hydroxylation is 3. The van der Waals surface area contributed by atoms with Crippen LogP contribution in [0.2, 0.25) is 0 Å². The van der Waals surface area contributed by atoms with Crippen molar-refractivity contribution in [3.63, 3.8) is 0 Å². The summed E-state index contributed by atoms with van der Waals surface area (Å²) in [5.41, 5.74) is 4.82. The molecule has 0 N–H and O–H groups in total. The van der Waals surface area contributed by atoms with E-state index >= 15 is 0 Å². The molecular formula is C24H27N3O3S. The number of hydrogen-bond donors (Lipinski definition) is 0. The normalized spacial score (nSPS) is 15.3. The maximum atomic E-state index is 13.0. The van der Waals surface area contributed by atoms with Gasteiger partial charge in [0.05, 0.1) is 4.90 Å². The molecule has 0 unspecified atom stereocenters. The van der Waals surface area contributed by atoms with Crippen molar-refractivity contribution >= 4 is 15.9 Å². The number of rotatable bonds is 4. The zero-order valence-corrected chi connectivity index (χ0v) is 18.9. The van der Waals surface area contributed by atoms with Crippen LogP contribution in [0.25, 0.3) is 5.69 Å². The van der Waals surface area contributed by atoms with Gasteiger partial charge in [0.2, 0.25) is 10.0 Å². The minimum atomic E-state index is -3.54. The first-order valence-electron chi connectivity index (χ1n) is 10.4. The first kappa shape index (κ1) is 21.3. The number of amides is 1. The molecule has 1 amide bonds. The van der Waals surface area contributed by atoms with Crippen molar-refractivity contribution in [2.75, 3.05) is 26.2 Å². The highest BCUT2D eigenvalue weighted by Gasteiger charge is 2.30. The van der Waals surface area contributed by atoms with Crippen LogP contribution >= 0.6 is 0 Å². The van der Waals surface area contributed by atoms with E-state index in [0.717, 1.165) is 22.6 Å². The van der Waals surface area contributed by atoms with Crippen molar-refractivity contribution < 1.29 is 13.2 Å². The summed E-state index contributed by atoms with van der Waals surface area (Å²) in [7, 11) is -3.54. The third-order valence-corrected chi connectivity index (χ3v) is 7.69. The van der Waals surface area contributed by atoms with Crippen LogP contribution in [0.5, 0.6) is 0 Å². The maximum Gasteiger partial charge on any atom is 0.253 e. The van der Waals surface area contributed by atoms with Gasteiger partial charge in [-0.3, -0.25) is 4.79 Å². The number of aromatic nitrogens is 1. The van der Waals surface area contributed by atoms with Crippen LogP contribution < -0.4 is 0 Å². The van der Waals surface area contributed by atoms with Gasteiger partial charge in [0.25, 0.3) is 5.91 Å². The molecular weight excluding hydrogens is 410 g/mol. The van der Waals surface area contributed by atoms with Crippen LogP contribution in [0.15, 0.2) is 65.6 Å². The van der Waals surface area contributed by atoms with Gasteiger partial charge in [-0.25, -0.2) is 8.42 Å². The summed E-state index contributed by atoms with van der Waals surface area (Å²) < 4.78 is 29.4. The lowest BCUT2D eigenvalue weighted by molar-refractivity contribution is 0.0698. The Morgan fingerprint density at radius 1 is 0.806 bits per heavy atom. The molecule has 1 aliphatic rings. The summed E-state index contributed by atoms with van der Waals surface area (Å²) in [4.78, 5) is 15.0. The largest absolute Gasteiger partial charge is 0.336 e. The first-order valence-corrected chi connectivity index (χ1v) is 11.8. The van der Waals surface area contributed by atoms with Crippen molar-refractivity contribution in [3.05, 3.63) is 83.2 Å². The number of benzene rings is 2. The molecule has 7 heteroatoms. The minimum Gasteiger partial charge on any atom is -0.336 e. The lowest BCUT2D eigenvalue weighted by Gasteiger charge is -2.34. The van der Waals surface area contributed by atoms with Crippen molar-refractivity contribution in [1.29, 1.82) is 0 Å². The molecule has 3 aromatic rings. The van der Waals surface area contributed by atoms with Gasteiger partial charge in [0.1, 0.15) is 0 Å². The Bertz CT molecular complexity index is 1190. The second-order valence-corrected chi connectivity index (χ2v) is 9.95. The molecule has 162 valence electrons. The second kappa shape index (κ2) is 8.32. The number of nitrogens with zero attached hydrogens (tertiary/aromatic N) is 3. The predicted molar refractivity (Wildman–Crippen MR) is 121 cm³/mol. The molecule has 4 rings (SSSR count). The monoisotopic (exact) mass is 437 g/mol. The van der Waals surface area contributed by atoms with Crippen LogP contribution in [-0.2, 0) is 10.0 Å². The van der Waals surface area contributed by atoms with Gasteiger partial charge in [-0.2, -0.15) is 4.31 Å². The highest BCUT2D eigenvalue weighted by atomic mass is 32.2. The average molecular weight is 438 g/mol. The van der Waals surface area contributed by atoms with Crippen LogP contribution in [0, 0.1) is 20.8 Å². The fraction of sp³-hybridized carbons (Fsp3) is 0.292. The van der Waals surface area contributed by atoms with Gasteiger partial charge in [0, 0.05) is 48.8 Å². The van der Waals surface area contributed by atoms with Crippen molar-refractivity contribution in [1.82, 2.24) is 13.8 Å². The predicted octanol–water partition coefficient (Wildman–Crippen LogP) is 3.55. The summed E-state index contributed by atoms with van der Waals surface area (Å²) in [5.74, 6) is -0.0693. The van der Waals surface area contributed by atoms with Gasteiger partial charge in [0.15, 0.2) is 0 Å². The van der Waals surface area contributed by atoms with Crippen molar-refractivity contribution in [2.45, 2.75) is 25.7 Å². The Morgan fingerprint density at radius 3 is 2.00 bits per heavy atom. The average Bonchev–Trinajstić information content (AvgIpc) is 3.11. The highest BCUT2D eigenvalue weighted by Crippen LogP contribution is 2.21. The molecule has 1 saturated heterocycles. The standard InChI is InChI=1S/C24H27N3O3S/c1-18-5-4-6-23(17-18)31(29,30)26-15-13-25(14-16-26)24(28)21-9-11-22(12-10-21)27-19(2)7-8-20(27)3/h4-12,17H,13-16H2,1-3H3. The van der Waals surface area contributed by atoms with E-state index in [1.165, 1.54) is 4.31 Å². The lowest BCUT2D eigenvalue weighted by Crippen LogP contribution is -2.50. The summed E-state index contributed by atoms with van der Waals surface area (Å²) in [5, 5.41) is 0. The fourth-order valence-corrected chi connectivity index (χ4v) is 5.60. The SMILES string of the molecule is Cc1cccc(S(=O)(=O)N2CCN(C(=O)c3ccc(-n4c(C)ccc4C)cc3)CC2)c1.